The van der Waals surface area contributed by atoms with Crippen LogP contribution in [0.25, 0.3) is 0 Å². The van der Waals surface area contributed by atoms with Gasteiger partial charge < -0.3 is 0 Å². The summed E-state index contributed by atoms with van der Waals surface area (Å²) in [6, 6.07) is 6.21. The van der Waals surface area contributed by atoms with Gasteiger partial charge >= 0.3 is 0 Å². The number of likely N-dealkylation sites (tertiary alicyclic amines) is 1. The second kappa shape index (κ2) is 4.54. The Morgan fingerprint density at radius 2 is 2.19 bits per heavy atom. The van der Waals surface area contributed by atoms with E-state index in [-0.39, 0.29) is 0 Å². The molecule has 16 heavy (non-hydrogen) atoms. The molecule has 0 saturated carbocycles. The van der Waals surface area contributed by atoms with E-state index in [1.807, 2.05) is 12.3 Å². The summed E-state index contributed by atoms with van der Waals surface area (Å²) in [6.07, 6.45) is 4.34. The first-order valence-electron chi connectivity index (χ1n) is 6.20. The molecule has 2 heterocycles. The summed E-state index contributed by atoms with van der Waals surface area (Å²) in [5.41, 5.74) is 1.56. The molecule has 88 valence electrons. The van der Waals surface area contributed by atoms with Crippen molar-refractivity contribution in [1.82, 2.24) is 9.88 Å². The maximum atomic E-state index is 4.41. The molecule has 0 bridgehead atoms. The van der Waals surface area contributed by atoms with Crippen LogP contribution in [-0.2, 0) is 6.42 Å². The summed E-state index contributed by atoms with van der Waals surface area (Å²) < 4.78 is 0. The molecule has 0 radical (unpaired) electrons. The van der Waals surface area contributed by atoms with Crippen molar-refractivity contribution in [3.05, 3.63) is 30.1 Å². The number of hydrogen-bond donors (Lipinski definition) is 0. The van der Waals surface area contributed by atoms with Crippen LogP contribution in [0.1, 0.15) is 32.9 Å². The summed E-state index contributed by atoms with van der Waals surface area (Å²) in [5, 5.41) is 0. The molecule has 1 aromatic rings. The topological polar surface area (TPSA) is 16.1 Å². The van der Waals surface area contributed by atoms with Gasteiger partial charge in [-0.2, -0.15) is 0 Å². The Morgan fingerprint density at radius 3 is 2.75 bits per heavy atom. The average Bonchev–Trinajstić information content (AvgIpc) is 2.67. The quantitative estimate of drug-likeness (QED) is 0.759. The van der Waals surface area contributed by atoms with Crippen molar-refractivity contribution in [3.63, 3.8) is 0 Å². The summed E-state index contributed by atoms with van der Waals surface area (Å²) in [4.78, 5) is 6.99. The van der Waals surface area contributed by atoms with Crippen LogP contribution in [0.2, 0.25) is 0 Å². The van der Waals surface area contributed by atoms with Crippen LogP contribution in [0.5, 0.6) is 0 Å². The highest BCUT2D eigenvalue weighted by molar-refractivity contribution is 5.05. The minimum Gasteiger partial charge on any atom is -0.298 e. The Kier molecular flexibility index (Phi) is 3.29. The number of pyridine rings is 1. The summed E-state index contributed by atoms with van der Waals surface area (Å²) in [5.74, 6) is 0.786. The first kappa shape index (κ1) is 11.6. The van der Waals surface area contributed by atoms with E-state index in [1.165, 1.54) is 25.2 Å². The Balaban J connectivity index is 1.91. The van der Waals surface area contributed by atoms with Crippen molar-refractivity contribution in [2.75, 3.05) is 13.1 Å². The van der Waals surface area contributed by atoms with Gasteiger partial charge in [0.15, 0.2) is 0 Å². The Bertz CT molecular complexity index is 326. The zero-order valence-corrected chi connectivity index (χ0v) is 10.6. The lowest BCUT2D eigenvalue weighted by molar-refractivity contribution is 0.168. The maximum absolute atomic E-state index is 4.41. The monoisotopic (exact) mass is 218 g/mol. The molecular weight excluding hydrogens is 196 g/mol. The highest BCUT2D eigenvalue weighted by Crippen LogP contribution is 2.26. The van der Waals surface area contributed by atoms with E-state index < -0.39 is 0 Å². The zero-order valence-electron chi connectivity index (χ0n) is 10.6. The minimum atomic E-state index is 0.318. The summed E-state index contributed by atoms with van der Waals surface area (Å²) in [7, 11) is 0. The second-order valence-electron chi connectivity index (χ2n) is 5.80. The molecule has 1 saturated heterocycles. The Morgan fingerprint density at radius 1 is 1.38 bits per heavy atom. The van der Waals surface area contributed by atoms with Crippen LogP contribution in [0.4, 0.5) is 0 Å². The molecule has 1 aromatic heterocycles. The van der Waals surface area contributed by atoms with E-state index in [1.54, 1.807) is 0 Å². The zero-order chi connectivity index (χ0) is 11.6. The van der Waals surface area contributed by atoms with Crippen LogP contribution in [0.15, 0.2) is 24.4 Å². The van der Waals surface area contributed by atoms with E-state index in [0.717, 1.165) is 12.3 Å². The van der Waals surface area contributed by atoms with Gasteiger partial charge in [0, 0.05) is 24.0 Å². The van der Waals surface area contributed by atoms with E-state index in [0.29, 0.717) is 5.54 Å². The van der Waals surface area contributed by atoms with Crippen molar-refractivity contribution >= 4 is 0 Å². The number of rotatable bonds is 2. The Hall–Kier alpha value is -0.890. The molecule has 2 nitrogen and oxygen atoms in total. The fourth-order valence-corrected chi connectivity index (χ4v) is 2.42. The molecular formula is C14H22N2. The highest BCUT2D eigenvalue weighted by atomic mass is 15.2. The molecule has 2 heteroatoms. The van der Waals surface area contributed by atoms with Gasteiger partial charge in [0.2, 0.25) is 0 Å². The lowest BCUT2D eigenvalue weighted by atomic mass is 10.0. The van der Waals surface area contributed by atoms with Crippen LogP contribution in [-0.4, -0.2) is 28.5 Å². The fraction of sp³-hybridized carbons (Fsp3) is 0.643. The molecule has 1 atom stereocenters. The molecule has 2 rings (SSSR count). The number of hydrogen-bond acceptors (Lipinski definition) is 2. The third-order valence-electron chi connectivity index (χ3n) is 3.46. The van der Waals surface area contributed by atoms with Gasteiger partial charge in [0.25, 0.3) is 0 Å². The van der Waals surface area contributed by atoms with Gasteiger partial charge in [-0.3, -0.25) is 9.88 Å². The lowest BCUT2D eigenvalue weighted by Gasteiger charge is -2.31. The maximum Gasteiger partial charge on any atom is 0.0406 e. The Labute approximate surface area is 98.7 Å². The standard InChI is InChI=1S/C14H22N2/c1-14(2,3)16-9-7-12(11-16)10-13-6-4-5-8-15-13/h4-6,8,12H,7,9-11H2,1-3H3. The van der Waals surface area contributed by atoms with Gasteiger partial charge in [0.05, 0.1) is 0 Å². The first-order chi connectivity index (χ1) is 7.55. The molecule has 1 unspecified atom stereocenters. The lowest BCUT2D eigenvalue weighted by Crippen LogP contribution is -2.39. The van der Waals surface area contributed by atoms with Crippen molar-refractivity contribution in [3.8, 4) is 0 Å². The van der Waals surface area contributed by atoms with E-state index in [4.69, 9.17) is 0 Å². The van der Waals surface area contributed by atoms with Crippen LogP contribution in [0, 0.1) is 5.92 Å². The molecule has 1 aliphatic heterocycles. The number of nitrogens with zero attached hydrogens (tertiary/aromatic N) is 2. The highest BCUT2D eigenvalue weighted by Gasteiger charge is 2.30. The molecule has 0 spiro atoms. The third kappa shape index (κ3) is 2.82. The van der Waals surface area contributed by atoms with Gasteiger partial charge in [-0.15, -0.1) is 0 Å². The third-order valence-corrected chi connectivity index (χ3v) is 3.46. The largest absolute Gasteiger partial charge is 0.298 e. The smallest absolute Gasteiger partial charge is 0.0406 e. The molecule has 1 fully saturated rings. The second-order valence-corrected chi connectivity index (χ2v) is 5.80. The molecule has 1 aliphatic rings. The molecule has 0 aromatic carbocycles. The minimum absolute atomic E-state index is 0.318. The van der Waals surface area contributed by atoms with Crippen LogP contribution in [0.3, 0.4) is 0 Å². The van der Waals surface area contributed by atoms with Gasteiger partial charge in [-0.1, -0.05) is 6.07 Å². The number of aromatic nitrogens is 1. The van der Waals surface area contributed by atoms with Gasteiger partial charge in [-0.05, 0) is 58.2 Å². The van der Waals surface area contributed by atoms with Crippen molar-refractivity contribution in [2.24, 2.45) is 5.92 Å². The van der Waals surface area contributed by atoms with Crippen molar-refractivity contribution in [2.45, 2.75) is 39.2 Å². The summed E-state index contributed by atoms with van der Waals surface area (Å²) >= 11 is 0. The van der Waals surface area contributed by atoms with Gasteiger partial charge in [-0.25, -0.2) is 0 Å². The van der Waals surface area contributed by atoms with Crippen molar-refractivity contribution < 1.29 is 0 Å². The fourth-order valence-electron chi connectivity index (χ4n) is 2.42. The van der Waals surface area contributed by atoms with E-state index in [2.05, 4.69) is 42.8 Å². The predicted octanol–water partition coefficient (Wildman–Crippen LogP) is 2.74. The van der Waals surface area contributed by atoms with Crippen LogP contribution < -0.4 is 0 Å². The SMILES string of the molecule is CC(C)(C)N1CCC(Cc2ccccn2)C1. The van der Waals surface area contributed by atoms with Crippen molar-refractivity contribution in [1.29, 1.82) is 0 Å². The van der Waals surface area contributed by atoms with E-state index in [9.17, 15) is 0 Å². The first-order valence-corrected chi connectivity index (χ1v) is 6.20. The van der Waals surface area contributed by atoms with E-state index >= 15 is 0 Å². The van der Waals surface area contributed by atoms with Crippen LogP contribution >= 0.6 is 0 Å². The van der Waals surface area contributed by atoms with Gasteiger partial charge in [0.1, 0.15) is 0 Å². The predicted molar refractivity (Wildman–Crippen MR) is 67.4 cm³/mol. The molecule has 0 amide bonds. The molecule has 0 N–H and O–H groups in total. The summed E-state index contributed by atoms with van der Waals surface area (Å²) in [6.45, 7) is 9.36. The molecule has 0 aliphatic carbocycles. The normalized spacial score (nSPS) is 22.6. The average molecular weight is 218 g/mol.